The summed E-state index contributed by atoms with van der Waals surface area (Å²) in [4.78, 5) is 11.9. The molecule has 7 nitrogen and oxygen atoms in total. The van der Waals surface area contributed by atoms with Crippen molar-refractivity contribution >= 4 is 27.5 Å². The molecule has 1 aliphatic rings. The first-order valence-electron chi connectivity index (χ1n) is 7.66. The first-order valence-corrected chi connectivity index (χ1v) is 9.50. The monoisotopic (exact) mass is 362 g/mol. The standard InChI is InChI=1S/C17H18N2O5S/c1-25(21,22)19-9-10-23-16-11-14(7-8-15(16)19)18-17(20)24-12-13-5-3-2-4-6-13/h2-8,11H,9-10,12H2,1H3,(H,18,20). The van der Waals surface area contributed by atoms with Crippen LogP contribution in [0.25, 0.3) is 0 Å². The lowest BCUT2D eigenvalue weighted by molar-refractivity contribution is 0.155. The van der Waals surface area contributed by atoms with Crippen molar-refractivity contribution in [2.24, 2.45) is 0 Å². The van der Waals surface area contributed by atoms with Crippen LogP contribution in [-0.2, 0) is 21.4 Å². The molecule has 1 aliphatic heterocycles. The van der Waals surface area contributed by atoms with Crippen molar-refractivity contribution in [3.63, 3.8) is 0 Å². The summed E-state index contributed by atoms with van der Waals surface area (Å²) in [5.74, 6) is 0.400. The third-order valence-electron chi connectivity index (χ3n) is 3.64. The summed E-state index contributed by atoms with van der Waals surface area (Å²) in [7, 11) is -3.37. The molecule has 25 heavy (non-hydrogen) atoms. The van der Waals surface area contributed by atoms with E-state index in [-0.39, 0.29) is 19.8 Å². The lowest BCUT2D eigenvalue weighted by Gasteiger charge is -2.29. The van der Waals surface area contributed by atoms with Gasteiger partial charge in [0.2, 0.25) is 10.0 Å². The highest BCUT2D eigenvalue weighted by atomic mass is 32.2. The number of anilines is 2. The van der Waals surface area contributed by atoms with Crippen molar-refractivity contribution in [3.8, 4) is 5.75 Å². The van der Waals surface area contributed by atoms with Gasteiger partial charge in [-0.2, -0.15) is 0 Å². The Morgan fingerprint density at radius 3 is 2.72 bits per heavy atom. The Hall–Kier alpha value is -2.74. The number of benzene rings is 2. The van der Waals surface area contributed by atoms with Crippen molar-refractivity contribution < 1.29 is 22.7 Å². The smallest absolute Gasteiger partial charge is 0.411 e. The Bertz CT molecular complexity index is 868. The molecule has 2 aromatic rings. The van der Waals surface area contributed by atoms with E-state index >= 15 is 0 Å². The SMILES string of the molecule is CS(=O)(=O)N1CCOc2cc(NC(=O)OCc3ccccc3)ccc21. The normalized spacial score (nSPS) is 13.6. The van der Waals surface area contributed by atoms with E-state index in [0.29, 0.717) is 17.1 Å². The van der Waals surface area contributed by atoms with Gasteiger partial charge in [0, 0.05) is 11.8 Å². The average Bonchev–Trinajstić information content (AvgIpc) is 2.59. The molecule has 0 radical (unpaired) electrons. The van der Waals surface area contributed by atoms with E-state index in [0.717, 1.165) is 11.8 Å². The van der Waals surface area contributed by atoms with E-state index in [1.54, 1.807) is 18.2 Å². The van der Waals surface area contributed by atoms with Gasteiger partial charge in [-0.1, -0.05) is 30.3 Å². The van der Waals surface area contributed by atoms with Crippen LogP contribution in [0.5, 0.6) is 5.75 Å². The number of hydrogen-bond acceptors (Lipinski definition) is 5. The maximum Gasteiger partial charge on any atom is 0.411 e. The van der Waals surface area contributed by atoms with Crippen LogP contribution in [0.2, 0.25) is 0 Å². The molecule has 0 aliphatic carbocycles. The second-order valence-electron chi connectivity index (χ2n) is 5.55. The summed E-state index contributed by atoms with van der Waals surface area (Å²) in [6, 6.07) is 14.1. The highest BCUT2D eigenvalue weighted by molar-refractivity contribution is 7.92. The highest BCUT2D eigenvalue weighted by Crippen LogP contribution is 2.35. The maximum atomic E-state index is 11.9. The summed E-state index contributed by atoms with van der Waals surface area (Å²) in [6.45, 7) is 0.676. The third-order valence-corrected chi connectivity index (χ3v) is 4.82. The zero-order chi connectivity index (χ0) is 17.9. The molecule has 0 atom stereocenters. The molecule has 1 N–H and O–H groups in total. The molecular formula is C17H18N2O5S. The summed E-state index contributed by atoms with van der Waals surface area (Å²) < 4.78 is 35.6. The molecule has 132 valence electrons. The lowest BCUT2D eigenvalue weighted by atomic mass is 10.2. The van der Waals surface area contributed by atoms with E-state index in [1.807, 2.05) is 30.3 Å². The van der Waals surface area contributed by atoms with Crippen molar-refractivity contribution in [2.45, 2.75) is 6.61 Å². The van der Waals surface area contributed by atoms with Gasteiger partial charge in [0.15, 0.2) is 0 Å². The number of carbonyl (C=O) groups is 1. The minimum Gasteiger partial charge on any atom is -0.489 e. The van der Waals surface area contributed by atoms with E-state index in [2.05, 4.69) is 5.32 Å². The first-order chi connectivity index (χ1) is 11.9. The third kappa shape index (κ3) is 4.21. The van der Waals surface area contributed by atoms with Crippen LogP contribution >= 0.6 is 0 Å². The number of amides is 1. The number of fused-ring (bicyclic) bond motifs is 1. The summed E-state index contributed by atoms with van der Waals surface area (Å²) in [5, 5.41) is 2.61. The number of hydrogen-bond donors (Lipinski definition) is 1. The zero-order valence-corrected chi connectivity index (χ0v) is 14.5. The molecule has 0 saturated heterocycles. The van der Waals surface area contributed by atoms with Gasteiger partial charge in [0.05, 0.1) is 18.5 Å². The molecule has 1 heterocycles. The quantitative estimate of drug-likeness (QED) is 0.904. The average molecular weight is 362 g/mol. The minimum absolute atomic E-state index is 0.163. The molecule has 0 fully saturated rings. The Morgan fingerprint density at radius 2 is 2.00 bits per heavy atom. The molecule has 8 heteroatoms. The van der Waals surface area contributed by atoms with Crippen LogP contribution in [0.4, 0.5) is 16.2 Å². The Kier molecular flexibility index (Phi) is 4.80. The predicted molar refractivity (Wildman–Crippen MR) is 94.4 cm³/mol. The summed E-state index contributed by atoms with van der Waals surface area (Å²) in [5.41, 5.74) is 1.80. The van der Waals surface area contributed by atoms with Crippen LogP contribution in [-0.4, -0.2) is 33.9 Å². The Labute approximate surface area is 146 Å². The van der Waals surface area contributed by atoms with Gasteiger partial charge >= 0.3 is 6.09 Å². The fourth-order valence-electron chi connectivity index (χ4n) is 2.49. The van der Waals surface area contributed by atoms with Gasteiger partial charge in [0.1, 0.15) is 19.0 Å². The van der Waals surface area contributed by atoms with Gasteiger partial charge in [0.25, 0.3) is 0 Å². The second kappa shape index (κ2) is 7.02. The topological polar surface area (TPSA) is 84.9 Å². The zero-order valence-electron chi connectivity index (χ0n) is 13.6. The van der Waals surface area contributed by atoms with Crippen LogP contribution in [0.3, 0.4) is 0 Å². The van der Waals surface area contributed by atoms with Gasteiger partial charge in [-0.3, -0.25) is 9.62 Å². The molecule has 0 aromatic heterocycles. The van der Waals surface area contributed by atoms with Gasteiger partial charge in [-0.15, -0.1) is 0 Å². The number of sulfonamides is 1. The summed E-state index contributed by atoms with van der Waals surface area (Å²) in [6.07, 6.45) is 0.550. The molecule has 0 unspecified atom stereocenters. The van der Waals surface area contributed by atoms with Crippen molar-refractivity contribution in [1.82, 2.24) is 0 Å². The van der Waals surface area contributed by atoms with Gasteiger partial charge < -0.3 is 9.47 Å². The van der Waals surface area contributed by atoms with Gasteiger partial charge in [-0.05, 0) is 17.7 Å². The maximum absolute atomic E-state index is 11.9. The van der Waals surface area contributed by atoms with E-state index in [4.69, 9.17) is 9.47 Å². The highest BCUT2D eigenvalue weighted by Gasteiger charge is 2.25. The molecule has 0 saturated carbocycles. The van der Waals surface area contributed by atoms with E-state index in [1.165, 1.54) is 4.31 Å². The lowest BCUT2D eigenvalue weighted by Crippen LogP contribution is -2.37. The van der Waals surface area contributed by atoms with Crippen molar-refractivity contribution in [2.75, 3.05) is 29.0 Å². The van der Waals surface area contributed by atoms with Crippen LogP contribution < -0.4 is 14.4 Å². The molecule has 2 aromatic carbocycles. The number of nitrogens with one attached hydrogen (secondary N) is 1. The molecule has 0 bridgehead atoms. The fraction of sp³-hybridized carbons (Fsp3) is 0.235. The van der Waals surface area contributed by atoms with Crippen molar-refractivity contribution in [3.05, 3.63) is 54.1 Å². The molecular weight excluding hydrogens is 344 g/mol. The number of rotatable bonds is 4. The largest absolute Gasteiger partial charge is 0.489 e. The van der Waals surface area contributed by atoms with Crippen LogP contribution in [0.1, 0.15) is 5.56 Å². The van der Waals surface area contributed by atoms with Gasteiger partial charge in [-0.25, -0.2) is 13.2 Å². The Balaban J connectivity index is 1.67. The number of ether oxygens (including phenoxy) is 2. The van der Waals surface area contributed by atoms with Crippen LogP contribution in [0.15, 0.2) is 48.5 Å². The molecule has 0 spiro atoms. The number of nitrogens with zero attached hydrogens (tertiary/aromatic N) is 1. The molecule has 1 amide bonds. The van der Waals surface area contributed by atoms with E-state index in [9.17, 15) is 13.2 Å². The van der Waals surface area contributed by atoms with Crippen LogP contribution in [0, 0.1) is 0 Å². The van der Waals surface area contributed by atoms with E-state index < -0.39 is 16.1 Å². The fourth-order valence-corrected chi connectivity index (χ4v) is 3.41. The second-order valence-corrected chi connectivity index (χ2v) is 7.46. The minimum atomic E-state index is -3.37. The Morgan fingerprint density at radius 1 is 1.24 bits per heavy atom. The summed E-state index contributed by atoms with van der Waals surface area (Å²) >= 11 is 0. The van der Waals surface area contributed by atoms with Crippen molar-refractivity contribution in [1.29, 1.82) is 0 Å². The predicted octanol–water partition coefficient (Wildman–Crippen LogP) is 2.59. The first kappa shape index (κ1) is 17.1. The number of carbonyl (C=O) groups excluding carboxylic acids is 1. The molecule has 3 rings (SSSR count).